The van der Waals surface area contributed by atoms with Crippen molar-refractivity contribution in [2.45, 2.75) is 24.7 Å². The van der Waals surface area contributed by atoms with Crippen LogP contribution in [0.25, 0.3) is 0 Å². The van der Waals surface area contributed by atoms with Gasteiger partial charge in [0.1, 0.15) is 0 Å². The lowest BCUT2D eigenvalue weighted by Gasteiger charge is -2.08. The summed E-state index contributed by atoms with van der Waals surface area (Å²) in [4.78, 5) is 0.286. The topological polar surface area (TPSA) is 46.2 Å². The number of nitrogens with one attached hydrogen (secondary N) is 1. The summed E-state index contributed by atoms with van der Waals surface area (Å²) in [7, 11) is -3.40. The van der Waals surface area contributed by atoms with Crippen LogP contribution in [0, 0.1) is 3.57 Å². The first kappa shape index (κ1) is 14.2. The van der Waals surface area contributed by atoms with Crippen LogP contribution in [0.4, 0.5) is 0 Å². The van der Waals surface area contributed by atoms with E-state index in [2.05, 4.69) is 4.72 Å². The van der Waals surface area contributed by atoms with Crippen LogP contribution in [0.2, 0.25) is 5.02 Å². The van der Waals surface area contributed by atoms with Crippen LogP contribution in [-0.2, 0) is 10.0 Å². The number of rotatable bonds is 5. The lowest BCUT2D eigenvalue weighted by atomic mass is 10.3. The van der Waals surface area contributed by atoms with Gasteiger partial charge in [-0.25, -0.2) is 13.1 Å². The number of hydrogen-bond acceptors (Lipinski definition) is 2. The van der Waals surface area contributed by atoms with Gasteiger partial charge >= 0.3 is 0 Å². The Balaban J connectivity index is 2.90. The summed E-state index contributed by atoms with van der Waals surface area (Å²) >= 11 is 7.74. The first-order valence-electron chi connectivity index (χ1n) is 4.92. The van der Waals surface area contributed by atoms with E-state index in [0.717, 1.165) is 12.8 Å². The first-order chi connectivity index (χ1) is 7.47. The molecular weight excluding hydrogens is 361 g/mol. The maximum absolute atomic E-state index is 11.9. The van der Waals surface area contributed by atoms with Crippen molar-refractivity contribution in [1.29, 1.82) is 0 Å². The highest BCUT2D eigenvalue weighted by Crippen LogP contribution is 2.21. The van der Waals surface area contributed by atoms with E-state index in [0.29, 0.717) is 15.1 Å². The molecule has 0 radical (unpaired) electrons. The molecule has 1 N–H and O–H groups in total. The van der Waals surface area contributed by atoms with Crippen molar-refractivity contribution < 1.29 is 8.42 Å². The van der Waals surface area contributed by atoms with Crippen LogP contribution in [0.15, 0.2) is 23.1 Å². The standard InChI is InChI=1S/C10H13ClINO2S/c1-2-3-6-13-16(14,15)10-5-4-8(11)7-9(10)12/h4-5,7,13H,2-3,6H2,1H3. The van der Waals surface area contributed by atoms with Crippen LogP contribution >= 0.6 is 34.2 Å². The molecule has 0 aliphatic rings. The van der Waals surface area contributed by atoms with Gasteiger partial charge in [-0.05, 0) is 47.2 Å². The van der Waals surface area contributed by atoms with Gasteiger partial charge in [-0.2, -0.15) is 0 Å². The number of halogens is 2. The van der Waals surface area contributed by atoms with Crippen LogP contribution in [0.3, 0.4) is 0 Å². The molecule has 0 aliphatic carbocycles. The molecular formula is C10H13ClINO2S. The average molecular weight is 374 g/mol. The zero-order chi connectivity index (χ0) is 12.2. The lowest BCUT2D eigenvalue weighted by molar-refractivity contribution is 0.578. The van der Waals surface area contributed by atoms with Crippen molar-refractivity contribution in [2.75, 3.05) is 6.54 Å². The summed E-state index contributed by atoms with van der Waals surface area (Å²) in [6, 6.07) is 4.74. The molecule has 0 atom stereocenters. The minimum absolute atomic E-state index is 0.286. The fourth-order valence-electron chi connectivity index (χ4n) is 1.15. The molecule has 0 saturated heterocycles. The van der Waals surface area contributed by atoms with Crippen molar-refractivity contribution in [3.8, 4) is 0 Å². The summed E-state index contributed by atoms with van der Waals surface area (Å²) in [5.74, 6) is 0. The van der Waals surface area contributed by atoms with Crippen molar-refractivity contribution in [3.63, 3.8) is 0 Å². The number of sulfonamides is 1. The zero-order valence-electron chi connectivity index (χ0n) is 8.83. The summed E-state index contributed by atoms with van der Waals surface area (Å²) in [5.41, 5.74) is 0. The van der Waals surface area contributed by atoms with Gasteiger partial charge in [0.05, 0.1) is 4.90 Å². The SMILES string of the molecule is CCCCNS(=O)(=O)c1ccc(Cl)cc1I. The van der Waals surface area contributed by atoms with Crippen molar-refractivity contribution in [3.05, 3.63) is 26.8 Å². The van der Waals surface area contributed by atoms with Gasteiger partial charge in [-0.1, -0.05) is 24.9 Å². The summed E-state index contributed by atoms with van der Waals surface area (Å²) < 4.78 is 27.0. The van der Waals surface area contributed by atoms with E-state index >= 15 is 0 Å². The Morgan fingerprint density at radius 2 is 2.12 bits per heavy atom. The van der Waals surface area contributed by atoms with Gasteiger partial charge in [-0.15, -0.1) is 0 Å². The predicted molar refractivity (Wildman–Crippen MR) is 74.3 cm³/mol. The fourth-order valence-corrected chi connectivity index (χ4v) is 4.03. The Morgan fingerprint density at radius 3 is 2.69 bits per heavy atom. The maximum atomic E-state index is 11.9. The van der Waals surface area contributed by atoms with Gasteiger partial charge in [0.2, 0.25) is 10.0 Å². The third-order valence-electron chi connectivity index (χ3n) is 2.01. The highest BCUT2D eigenvalue weighted by molar-refractivity contribution is 14.1. The molecule has 1 aromatic carbocycles. The number of benzene rings is 1. The molecule has 0 amide bonds. The summed E-state index contributed by atoms with van der Waals surface area (Å²) in [6.07, 6.45) is 1.80. The maximum Gasteiger partial charge on any atom is 0.241 e. The van der Waals surface area contributed by atoms with Crippen LogP contribution in [-0.4, -0.2) is 15.0 Å². The van der Waals surface area contributed by atoms with E-state index in [1.807, 2.05) is 29.5 Å². The zero-order valence-corrected chi connectivity index (χ0v) is 12.6. The van der Waals surface area contributed by atoms with E-state index in [1.54, 1.807) is 12.1 Å². The van der Waals surface area contributed by atoms with E-state index in [9.17, 15) is 8.42 Å². The predicted octanol–water partition coefficient (Wildman–Crippen LogP) is 3.02. The minimum atomic E-state index is -3.40. The number of unbranched alkanes of at least 4 members (excludes halogenated alkanes) is 1. The Morgan fingerprint density at radius 1 is 1.44 bits per heavy atom. The van der Waals surface area contributed by atoms with Crippen molar-refractivity contribution >= 4 is 44.2 Å². The summed E-state index contributed by atoms with van der Waals surface area (Å²) in [6.45, 7) is 2.48. The molecule has 0 aliphatic heterocycles. The molecule has 0 bridgehead atoms. The van der Waals surface area contributed by atoms with Gasteiger partial charge < -0.3 is 0 Å². The second-order valence-electron chi connectivity index (χ2n) is 3.33. The molecule has 6 heteroatoms. The van der Waals surface area contributed by atoms with Gasteiger partial charge in [0.15, 0.2) is 0 Å². The quantitative estimate of drug-likeness (QED) is 0.637. The minimum Gasteiger partial charge on any atom is -0.211 e. The third-order valence-corrected chi connectivity index (χ3v) is 5.02. The monoisotopic (exact) mass is 373 g/mol. The van der Waals surface area contributed by atoms with Gasteiger partial charge in [-0.3, -0.25) is 0 Å². The second-order valence-corrected chi connectivity index (χ2v) is 6.66. The lowest BCUT2D eigenvalue weighted by Crippen LogP contribution is -2.25. The largest absolute Gasteiger partial charge is 0.241 e. The highest BCUT2D eigenvalue weighted by atomic mass is 127. The average Bonchev–Trinajstić information content (AvgIpc) is 2.17. The fraction of sp³-hybridized carbons (Fsp3) is 0.400. The molecule has 3 nitrogen and oxygen atoms in total. The molecule has 0 spiro atoms. The molecule has 0 unspecified atom stereocenters. The smallest absolute Gasteiger partial charge is 0.211 e. The molecule has 0 saturated carbocycles. The molecule has 90 valence electrons. The Hall–Kier alpha value is 0.150. The van der Waals surface area contributed by atoms with Gasteiger partial charge in [0, 0.05) is 15.1 Å². The molecule has 0 heterocycles. The molecule has 1 aromatic rings. The Labute approximate surface area is 115 Å². The van der Waals surface area contributed by atoms with Crippen LogP contribution < -0.4 is 4.72 Å². The summed E-state index contributed by atoms with van der Waals surface area (Å²) in [5, 5.41) is 0.539. The van der Waals surface area contributed by atoms with E-state index in [-0.39, 0.29) is 4.90 Å². The van der Waals surface area contributed by atoms with Crippen molar-refractivity contribution in [2.24, 2.45) is 0 Å². The Bertz CT molecular complexity index is 462. The Kier molecular flexibility index (Phi) is 5.49. The van der Waals surface area contributed by atoms with Crippen LogP contribution in [0.5, 0.6) is 0 Å². The van der Waals surface area contributed by atoms with Crippen LogP contribution in [0.1, 0.15) is 19.8 Å². The van der Waals surface area contributed by atoms with E-state index < -0.39 is 10.0 Å². The van der Waals surface area contributed by atoms with Crippen molar-refractivity contribution in [1.82, 2.24) is 4.72 Å². The molecule has 0 aromatic heterocycles. The molecule has 16 heavy (non-hydrogen) atoms. The normalized spacial score (nSPS) is 11.7. The van der Waals surface area contributed by atoms with Gasteiger partial charge in [0.25, 0.3) is 0 Å². The van der Waals surface area contributed by atoms with E-state index in [1.165, 1.54) is 6.07 Å². The second kappa shape index (κ2) is 6.18. The first-order valence-corrected chi connectivity index (χ1v) is 7.86. The van der Waals surface area contributed by atoms with E-state index in [4.69, 9.17) is 11.6 Å². The molecule has 1 rings (SSSR count). The number of hydrogen-bond donors (Lipinski definition) is 1. The molecule has 0 fully saturated rings. The third kappa shape index (κ3) is 3.87. The highest BCUT2D eigenvalue weighted by Gasteiger charge is 2.16.